The fraction of sp³-hybridized carbons (Fsp3) is 0.778. The molecule has 0 N–H and O–H groups in total. The molecular weight excluding hydrogens is 178 g/mol. The molecule has 0 aliphatic heterocycles. The van der Waals surface area contributed by atoms with Gasteiger partial charge in [0.1, 0.15) is 19.8 Å². The second-order valence-corrected chi connectivity index (χ2v) is 10.3. The van der Waals surface area contributed by atoms with E-state index in [2.05, 4.69) is 43.9 Å². The van der Waals surface area contributed by atoms with Crippen LogP contribution >= 0.6 is 0 Å². The standard InChI is InChI=1S/C9H19N3Si/c1-9(2,3)13(5,6)8-10-7-11-12(8)4/h7H,1-6H3. The molecule has 4 heteroatoms. The first-order valence-corrected chi connectivity index (χ1v) is 7.61. The van der Waals surface area contributed by atoms with E-state index in [0.717, 1.165) is 0 Å². The van der Waals surface area contributed by atoms with E-state index >= 15 is 0 Å². The number of hydrogen-bond donors (Lipinski definition) is 0. The van der Waals surface area contributed by atoms with Crippen molar-refractivity contribution in [1.29, 1.82) is 0 Å². The maximum absolute atomic E-state index is 4.37. The van der Waals surface area contributed by atoms with Gasteiger partial charge in [-0.2, -0.15) is 5.10 Å². The Morgan fingerprint density at radius 1 is 1.31 bits per heavy atom. The first-order chi connectivity index (χ1) is 5.77. The summed E-state index contributed by atoms with van der Waals surface area (Å²) in [7, 11) is 0.491. The highest BCUT2D eigenvalue weighted by atomic mass is 28.3. The minimum absolute atomic E-state index is 0.327. The zero-order chi connectivity index (χ0) is 10.3. The third-order valence-corrected chi connectivity index (χ3v) is 8.47. The maximum atomic E-state index is 4.37. The molecule has 0 aliphatic rings. The van der Waals surface area contributed by atoms with Crippen molar-refractivity contribution in [3.63, 3.8) is 0 Å². The lowest BCUT2D eigenvalue weighted by atomic mass is 10.2. The Balaban J connectivity index is 3.15. The normalized spacial score (nSPS) is 13.4. The van der Waals surface area contributed by atoms with E-state index in [0.29, 0.717) is 5.04 Å². The Morgan fingerprint density at radius 2 is 1.85 bits per heavy atom. The molecule has 0 saturated carbocycles. The van der Waals surface area contributed by atoms with Crippen molar-refractivity contribution in [2.24, 2.45) is 7.05 Å². The van der Waals surface area contributed by atoms with E-state index in [1.165, 1.54) is 5.45 Å². The largest absolute Gasteiger partial charge is 0.258 e. The average molecular weight is 197 g/mol. The lowest BCUT2D eigenvalue weighted by molar-refractivity contribution is 0.713. The summed E-state index contributed by atoms with van der Waals surface area (Å²) < 4.78 is 1.91. The molecule has 1 aromatic rings. The summed E-state index contributed by atoms with van der Waals surface area (Å²) in [5.74, 6) is 0. The molecular formula is C9H19N3Si. The van der Waals surface area contributed by atoms with Crippen LogP contribution in [-0.2, 0) is 7.05 Å². The molecule has 0 saturated heterocycles. The van der Waals surface area contributed by atoms with Crippen LogP contribution in [0.1, 0.15) is 20.8 Å². The molecule has 0 atom stereocenters. The van der Waals surface area contributed by atoms with Gasteiger partial charge in [-0.15, -0.1) is 0 Å². The van der Waals surface area contributed by atoms with Crippen LogP contribution in [0.3, 0.4) is 0 Å². The van der Waals surface area contributed by atoms with E-state index in [4.69, 9.17) is 0 Å². The SMILES string of the molecule is Cn1ncnc1[Si](C)(C)C(C)(C)C. The number of rotatable bonds is 1. The van der Waals surface area contributed by atoms with Gasteiger partial charge in [0.15, 0.2) is 0 Å². The first-order valence-electron chi connectivity index (χ1n) is 4.61. The van der Waals surface area contributed by atoms with E-state index in [1.807, 2.05) is 11.7 Å². The van der Waals surface area contributed by atoms with E-state index in [-0.39, 0.29) is 0 Å². The maximum Gasteiger partial charge on any atom is 0.137 e. The van der Waals surface area contributed by atoms with Crippen molar-refractivity contribution in [1.82, 2.24) is 14.8 Å². The van der Waals surface area contributed by atoms with Gasteiger partial charge in [-0.25, -0.2) is 4.98 Å². The Morgan fingerprint density at radius 3 is 2.15 bits per heavy atom. The third-order valence-electron chi connectivity index (χ3n) is 3.15. The van der Waals surface area contributed by atoms with Gasteiger partial charge >= 0.3 is 0 Å². The number of nitrogens with zero attached hydrogens (tertiary/aromatic N) is 3. The van der Waals surface area contributed by atoms with Crippen LogP contribution in [0.25, 0.3) is 0 Å². The topological polar surface area (TPSA) is 30.7 Å². The lowest BCUT2D eigenvalue weighted by Gasteiger charge is -2.35. The molecule has 0 amide bonds. The fourth-order valence-corrected chi connectivity index (χ4v) is 3.12. The molecule has 1 aromatic heterocycles. The summed E-state index contributed by atoms with van der Waals surface area (Å²) in [5.41, 5.74) is 1.18. The predicted molar refractivity (Wildman–Crippen MR) is 57.8 cm³/mol. The molecule has 0 unspecified atom stereocenters. The Bertz CT molecular complexity index is 296. The van der Waals surface area contributed by atoms with Crippen LogP contribution in [0, 0.1) is 0 Å². The van der Waals surface area contributed by atoms with Gasteiger partial charge in [-0.1, -0.05) is 33.9 Å². The van der Waals surface area contributed by atoms with Crippen LogP contribution in [-0.4, -0.2) is 22.8 Å². The van der Waals surface area contributed by atoms with Crippen molar-refractivity contribution in [2.45, 2.75) is 38.9 Å². The van der Waals surface area contributed by atoms with Crippen LogP contribution in [0.4, 0.5) is 0 Å². The molecule has 3 nitrogen and oxygen atoms in total. The van der Waals surface area contributed by atoms with Gasteiger partial charge in [0.2, 0.25) is 0 Å². The van der Waals surface area contributed by atoms with Crippen LogP contribution in [0.5, 0.6) is 0 Å². The molecule has 74 valence electrons. The zero-order valence-electron chi connectivity index (χ0n) is 9.42. The van der Waals surface area contributed by atoms with Crippen LogP contribution < -0.4 is 5.45 Å². The average Bonchev–Trinajstić information content (AvgIpc) is 2.32. The first kappa shape index (κ1) is 10.4. The molecule has 1 heterocycles. The Hall–Kier alpha value is -0.643. The minimum atomic E-state index is -1.48. The number of hydrogen-bond acceptors (Lipinski definition) is 2. The second-order valence-electron chi connectivity index (χ2n) is 5.08. The van der Waals surface area contributed by atoms with Gasteiger partial charge in [-0.3, -0.25) is 4.68 Å². The van der Waals surface area contributed by atoms with Crippen molar-refractivity contribution in [2.75, 3.05) is 0 Å². The van der Waals surface area contributed by atoms with E-state index in [9.17, 15) is 0 Å². The quantitative estimate of drug-likeness (QED) is 0.639. The number of aromatic nitrogens is 3. The summed E-state index contributed by atoms with van der Waals surface area (Å²) in [6.07, 6.45) is 1.65. The molecule has 0 spiro atoms. The highest BCUT2D eigenvalue weighted by molar-refractivity contribution is 6.91. The predicted octanol–water partition coefficient (Wildman–Crippen LogP) is 1.53. The minimum Gasteiger partial charge on any atom is -0.258 e. The highest BCUT2D eigenvalue weighted by Gasteiger charge is 2.40. The summed E-state index contributed by atoms with van der Waals surface area (Å²) >= 11 is 0. The molecule has 0 aromatic carbocycles. The van der Waals surface area contributed by atoms with Gasteiger partial charge in [-0.05, 0) is 5.04 Å². The monoisotopic (exact) mass is 197 g/mol. The van der Waals surface area contributed by atoms with E-state index in [1.54, 1.807) is 6.33 Å². The van der Waals surface area contributed by atoms with Crippen molar-refractivity contribution in [3.05, 3.63) is 6.33 Å². The number of aryl methyl sites for hydroxylation is 1. The molecule has 0 fully saturated rings. The van der Waals surface area contributed by atoms with Crippen LogP contribution in [0.2, 0.25) is 18.1 Å². The fourth-order valence-electron chi connectivity index (χ4n) is 1.20. The molecule has 0 bridgehead atoms. The van der Waals surface area contributed by atoms with Crippen molar-refractivity contribution in [3.8, 4) is 0 Å². The van der Waals surface area contributed by atoms with Gasteiger partial charge in [0, 0.05) is 7.05 Å². The van der Waals surface area contributed by atoms with Gasteiger partial charge < -0.3 is 0 Å². The zero-order valence-corrected chi connectivity index (χ0v) is 10.4. The van der Waals surface area contributed by atoms with Gasteiger partial charge in [0.25, 0.3) is 0 Å². The third kappa shape index (κ3) is 1.68. The lowest BCUT2D eigenvalue weighted by Crippen LogP contribution is -2.53. The van der Waals surface area contributed by atoms with Crippen molar-refractivity contribution < 1.29 is 0 Å². The smallest absolute Gasteiger partial charge is 0.137 e. The summed E-state index contributed by atoms with van der Waals surface area (Å²) in [6.45, 7) is 11.5. The Kier molecular flexibility index (Phi) is 2.36. The van der Waals surface area contributed by atoms with E-state index < -0.39 is 8.07 Å². The second kappa shape index (κ2) is 2.94. The molecule has 13 heavy (non-hydrogen) atoms. The summed E-state index contributed by atoms with van der Waals surface area (Å²) in [4.78, 5) is 4.37. The molecule has 0 radical (unpaired) electrons. The molecule has 0 aliphatic carbocycles. The highest BCUT2D eigenvalue weighted by Crippen LogP contribution is 2.34. The summed E-state index contributed by atoms with van der Waals surface area (Å²) in [6, 6.07) is 0. The Labute approximate surface area is 81.2 Å². The van der Waals surface area contributed by atoms with Crippen LogP contribution in [0.15, 0.2) is 6.33 Å². The van der Waals surface area contributed by atoms with Gasteiger partial charge in [0.05, 0.1) is 0 Å². The van der Waals surface area contributed by atoms with Crippen molar-refractivity contribution >= 4 is 13.5 Å². The molecule has 1 rings (SSSR count). The summed E-state index contributed by atoms with van der Waals surface area (Å²) in [5, 5.41) is 4.46.